The highest BCUT2D eigenvalue weighted by molar-refractivity contribution is 5.94. The summed E-state index contributed by atoms with van der Waals surface area (Å²) >= 11 is 0. The molecule has 1 aliphatic rings. The summed E-state index contributed by atoms with van der Waals surface area (Å²) < 4.78 is 10.4. The average Bonchev–Trinajstić information content (AvgIpc) is 2.28. The third kappa shape index (κ3) is 2.72. The Morgan fingerprint density at radius 3 is 2.25 bits per heavy atom. The van der Waals surface area contributed by atoms with Crippen LogP contribution in [-0.4, -0.2) is 49.8 Å². The standard InChI is InChI=1S/C11H20N2O3/c1-7(2)9-11(16-4)12-8(5-6-14)10(13-9)15-3/h7-9,14H,5-6H2,1-4H3/t8-,9+/m0/s1. The van der Waals surface area contributed by atoms with Crippen molar-refractivity contribution < 1.29 is 14.6 Å². The predicted octanol–water partition coefficient (Wildman–Crippen LogP) is 0.865. The minimum absolute atomic E-state index is 0.0554. The number of methoxy groups -OCH3 is 2. The maximum atomic E-state index is 8.95. The number of ether oxygens (including phenoxy) is 2. The third-order valence-corrected chi connectivity index (χ3v) is 2.54. The molecule has 1 rings (SSSR count). The molecule has 0 saturated carbocycles. The smallest absolute Gasteiger partial charge is 0.209 e. The number of aliphatic hydroxyl groups is 1. The molecule has 2 atom stereocenters. The molecule has 0 bridgehead atoms. The van der Waals surface area contributed by atoms with Crippen molar-refractivity contribution in [3.63, 3.8) is 0 Å². The average molecular weight is 228 g/mol. The van der Waals surface area contributed by atoms with Crippen LogP contribution < -0.4 is 0 Å². The molecule has 92 valence electrons. The Kier molecular flexibility index (Phi) is 4.73. The summed E-state index contributed by atoms with van der Waals surface area (Å²) in [5.74, 6) is 1.50. The fourth-order valence-electron chi connectivity index (χ4n) is 1.67. The maximum Gasteiger partial charge on any atom is 0.209 e. The zero-order chi connectivity index (χ0) is 12.1. The van der Waals surface area contributed by atoms with Gasteiger partial charge in [0.25, 0.3) is 0 Å². The Morgan fingerprint density at radius 1 is 1.19 bits per heavy atom. The first-order valence-electron chi connectivity index (χ1n) is 5.48. The highest BCUT2D eigenvalue weighted by Gasteiger charge is 2.30. The van der Waals surface area contributed by atoms with E-state index in [4.69, 9.17) is 14.6 Å². The van der Waals surface area contributed by atoms with E-state index in [1.54, 1.807) is 14.2 Å². The zero-order valence-electron chi connectivity index (χ0n) is 10.3. The third-order valence-electron chi connectivity index (χ3n) is 2.54. The molecule has 0 aromatic carbocycles. The number of hydrogen-bond acceptors (Lipinski definition) is 5. The molecule has 1 aliphatic heterocycles. The molecule has 0 aliphatic carbocycles. The van der Waals surface area contributed by atoms with Gasteiger partial charge in [-0.25, -0.2) is 9.98 Å². The predicted molar refractivity (Wildman–Crippen MR) is 63.0 cm³/mol. The van der Waals surface area contributed by atoms with Crippen LogP contribution in [0.3, 0.4) is 0 Å². The summed E-state index contributed by atoms with van der Waals surface area (Å²) in [5, 5.41) is 8.95. The van der Waals surface area contributed by atoms with Gasteiger partial charge in [-0.1, -0.05) is 13.8 Å². The van der Waals surface area contributed by atoms with E-state index >= 15 is 0 Å². The van der Waals surface area contributed by atoms with E-state index in [9.17, 15) is 0 Å². The minimum Gasteiger partial charge on any atom is -0.483 e. The highest BCUT2D eigenvalue weighted by Crippen LogP contribution is 2.18. The second-order valence-electron chi connectivity index (χ2n) is 4.06. The van der Waals surface area contributed by atoms with E-state index < -0.39 is 0 Å². The molecular weight excluding hydrogens is 208 g/mol. The summed E-state index contributed by atoms with van der Waals surface area (Å²) in [7, 11) is 3.17. The van der Waals surface area contributed by atoms with Crippen molar-refractivity contribution in [1.82, 2.24) is 0 Å². The SMILES string of the molecule is COC1=N[C@H](C(C)C)C(OC)=N[C@H]1CCO. The summed E-state index contributed by atoms with van der Waals surface area (Å²) in [4.78, 5) is 8.90. The Labute approximate surface area is 96.2 Å². The number of rotatable bonds is 3. The van der Waals surface area contributed by atoms with E-state index in [1.165, 1.54) is 0 Å². The first kappa shape index (κ1) is 13.0. The Morgan fingerprint density at radius 2 is 1.81 bits per heavy atom. The van der Waals surface area contributed by atoms with Crippen LogP contribution >= 0.6 is 0 Å². The number of hydrogen-bond donors (Lipinski definition) is 1. The highest BCUT2D eigenvalue weighted by atomic mass is 16.5. The zero-order valence-corrected chi connectivity index (χ0v) is 10.3. The van der Waals surface area contributed by atoms with Crippen molar-refractivity contribution >= 4 is 11.8 Å². The van der Waals surface area contributed by atoms with Crippen molar-refractivity contribution in [2.24, 2.45) is 15.9 Å². The van der Waals surface area contributed by atoms with Crippen LogP contribution in [0.4, 0.5) is 0 Å². The van der Waals surface area contributed by atoms with Gasteiger partial charge in [-0.15, -0.1) is 0 Å². The molecule has 0 fully saturated rings. The normalized spacial score (nSPS) is 25.1. The van der Waals surface area contributed by atoms with Crippen LogP contribution in [0.15, 0.2) is 9.98 Å². The van der Waals surface area contributed by atoms with Gasteiger partial charge in [-0.2, -0.15) is 0 Å². The van der Waals surface area contributed by atoms with Gasteiger partial charge >= 0.3 is 0 Å². The summed E-state index contributed by atoms with van der Waals surface area (Å²) in [6.07, 6.45) is 0.504. The van der Waals surface area contributed by atoms with Gasteiger partial charge in [-0.3, -0.25) is 0 Å². The van der Waals surface area contributed by atoms with E-state index in [0.29, 0.717) is 24.1 Å². The van der Waals surface area contributed by atoms with E-state index in [2.05, 4.69) is 23.8 Å². The van der Waals surface area contributed by atoms with Crippen molar-refractivity contribution in [2.75, 3.05) is 20.8 Å². The molecule has 0 saturated heterocycles. The monoisotopic (exact) mass is 228 g/mol. The second kappa shape index (κ2) is 5.84. The lowest BCUT2D eigenvalue weighted by Gasteiger charge is -2.26. The van der Waals surface area contributed by atoms with Gasteiger partial charge in [0.05, 0.1) is 14.2 Å². The van der Waals surface area contributed by atoms with Crippen LogP contribution in [0.1, 0.15) is 20.3 Å². The van der Waals surface area contributed by atoms with Gasteiger partial charge in [0.15, 0.2) is 0 Å². The first-order chi connectivity index (χ1) is 7.63. The molecule has 0 radical (unpaired) electrons. The molecule has 5 heteroatoms. The van der Waals surface area contributed by atoms with Crippen molar-refractivity contribution in [3.8, 4) is 0 Å². The molecule has 1 N–H and O–H groups in total. The Bertz CT molecular complexity index is 287. The minimum atomic E-state index is -0.222. The molecule has 5 nitrogen and oxygen atoms in total. The molecule has 0 unspecified atom stereocenters. The quantitative estimate of drug-likeness (QED) is 0.779. The topological polar surface area (TPSA) is 63.4 Å². The molecule has 0 amide bonds. The molecule has 0 spiro atoms. The second-order valence-corrected chi connectivity index (χ2v) is 4.06. The van der Waals surface area contributed by atoms with Gasteiger partial charge in [0, 0.05) is 13.0 Å². The van der Waals surface area contributed by atoms with E-state index in [1.807, 2.05) is 0 Å². The van der Waals surface area contributed by atoms with Crippen LogP contribution in [-0.2, 0) is 9.47 Å². The van der Waals surface area contributed by atoms with Crippen LogP contribution in [0.5, 0.6) is 0 Å². The van der Waals surface area contributed by atoms with E-state index in [-0.39, 0.29) is 18.7 Å². The Balaban J connectivity index is 2.92. The lowest BCUT2D eigenvalue weighted by molar-refractivity contribution is 0.270. The lowest BCUT2D eigenvalue weighted by atomic mass is 10.0. The molecule has 16 heavy (non-hydrogen) atoms. The molecule has 0 aromatic heterocycles. The number of nitrogens with zero attached hydrogens (tertiary/aromatic N) is 2. The summed E-state index contributed by atoms with van der Waals surface area (Å²) in [6.45, 7) is 4.17. The lowest BCUT2D eigenvalue weighted by Crippen LogP contribution is -2.37. The Hall–Kier alpha value is -1.10. The van der Waals surface area contributed by atoms with Gasteiger partial charge in [0.1, 0.15) is 12.1 Å². The van der Waals surface area contributed by atoms with Crippen LogP contribution in [0.2, 0.25) is 0 Å². The summed E-state index contributed by atoms with van der Waals surface area (Å²) in [6, 6.07) is -0.310. The van der Waals surface area contributed by atoms with Crippen LogP contribution in [0.25, 0.3) is 0 Å². The first-order valence-corrected chi connectivity index (χ1v) is 5.48. The molecular formula is C11H20N2O3. The van der Waals surface area contributed by atoms with Crippen molar-refractivity contribution in [1.29, 1.82) is 0 Å². The number of aliphatic hydroxyl groups excluding tert-OH is 1. The molecule has 0 aromatic rings. The maximum absolute atomic E-state index is 8.95. The summed E-state index contributed by atoms with van der Waals surface area (Å²) in [5.41, 5.74) is 0. The fraction of sp³-hybridized carbons (Fsp3) is 0.818. The number of aliphatic imine (C=N–C) groups is 2. The molecule has 1 heterocycles. The fourth-order valence-corrected chi connectivity index (χ4v) is 1.67. The van der Waals surface area contributed by atoms with E-state index in [0.717, 1.165) is 0 Å². The van der Waals surface area contributed by atoms with Crippen LogP contribution in [0, 0.1) is 5.92 Å². The van der Waals surface area contributed by atoms with Gasteiger partial charge in [0.2, 0.25) is 11.8 Å². The van der Waals surface area contributed by atoms with Gasteiger partial charge in [-0.05, 0) is 5.92 Å². The largest absolute Gasteiger partial charge is 0.483 e. The van der Waals surface area contributed by atoms with Crippen molar-refractivity contribution in [3.05, 3.63) is 0 Å². The van der Waals surface area contributed by atoms with Crippen molar-refractivity contribution in [2.45, 2.75) is 32.4 Å². The van der Waals surface area contributed by atoms with Gasteiger partial charge < -0.3 is 14.6 Å².